The molecule has 1 aromatic heterocycles. The highest BCUT2D eigenvalue weighted by molar-refractivity contribution is 7.09. The normalized spacial score (nSPS) is 12.4. The van der Waals surface area contributed by atoms with Crippen molar-refractivity contribution in [2.24, 2.45) is 11.8 Å². The third kappa shape index (κ3) is 7.22. The summed E-state index contributed by atoms with van der Waals surface area (Å²) in [6, 6.07) is 0. The summed E-state index contributed by atoms with van der Waals surface area (Å²) in [7, 11) is 0. The first-order valence-electron chi connectivity index (χ1n) is 7.28. The topological polar surface area (TPSA) is 79.3 Å². The largest absolute Gasteiger partial charge is 0.481 e. The second kappa shape index (κ2) is 8.77. The van der Waals surface area contributed by atoms with Gasteiger partial charge in [-0.15, -0.1) is 11.3 Å². The molecule has 0 aliphatic rings. The number of carboxylic acid groups (broad SMARTS) is 1. The van der Waals surface area contributed by atoms with Gasteiger partial charge in [-0.1, -0.05) is 13.8 Å². The number of amides is 1. The van der Waals surface area contributed by atoms with E-state index in [0.717, 1.165) is 17.1 Å². The maximum absolute atomic E-state index is 11.8. The first-order valence-corrected chi connectivity index (χ1v) is 8.16. The molecule has 2 N–H and O–H groups in total. The lowest BCUT2D eigenvalue weighted by molar-refractivity contribution is -0.137. The van der Waals surface area contributed by atoms with Crippen molar-refractivity contribution < 1.29 is 14.7 Å². The standard InChI is InChI=1S/C15H24N2O3S/c1-10(2)12(4-5-15(19)20)6-7-16-14(18)8-13-9-21-11(3)17-13/h9-10,12H,4-8H2,1-3H3,(H,16,18)(H,19,20). The Morgan fingerprint density at radius 1 is 1.38 bits per heavy atom. The Kier molecular flexibility index (Phi) is 7.36. The van der Waals surface area contributed by atoms with Crippen LogP contribution < -0.4 is 5.32 Å². The monoisotopic (exact) mass is 312 g/mol. The molecule has 0 aromatic carbocycles. The fourth-order valence-electron chi connectivity index (χ4n) is 2.23. The summed E-state index contributed by atoms with van der Waals surface area (Å²) in [6.07, 6.45) is 1.97. The number of hydrogen-bond acceptors (Lipinski definition) is 4. The lowest BCUT2D eigenvalue weighted by atomic mass is 9.88. The molecule has 0 saturated carbocycles. The minimum atomic E-state index is -0.761. The summed E-state index contributed by atoms with van der Waals surface area (Å²) in [6.45, 7) is 6.69. The van der Waals surface area contributed by atoms with E-state index in [1.54, 1.807) is 11.3 Å². The van der Waals surface area contributed by atoms with E-state index in [1.165, 1.54) is 0 Å². The van der Waals surface area contributed by atoms with E-state index in [9.17, 15) is 9.59 Å². The van der Waals surface area contributed by atoms with Gasteiger partial charge in [-0.25, -0.2) is 4.98 Å². The van der Waals surface area contributed by atoms with Crippen molar-refractivity contribution in [2.45, 2.75) is 46.5 Å². The summed E-state index contributed by atoms with van der Waals surface area (Å²) in [5.41, 5.74) is 0.807. The number of rotatable bonds is 9. The summed E-state index contributed by atoms with van der Waals surface area (Å²) in [5.74, 6) is -0.0463. The van der Waals surface area contributed by atoms with Crippen LogP contribution in [0.1, 0.15) is 43.8 Å². The van der Waals surface area contributed by atoms with Gasteiger partial charge in [-0.3, -0.25) is 9.59 Å². The zero-order valence-corrected chi connectivity index (χ0v) is 13.7. The van der Waals surface area contributed by atoms with Crippen molar-refractivity contribution in [3.05, 3.63) is 16.1 Å². The van der Waals surface area contributed by atoms with Gasteiger partial charge < -0.3 is 10.4 Å². The Morgan fingerprint density at radius 3 is 2.62 bits per heavy atom. The Labute approximate surface area is 129 Å². The maximum atomic E-state index is 11.8. The van der Waals surface area contributed by atoms with E-state index in [0.29, 0.717) is 31.2 Å². The molecule has 0 aliphatic carbocycles. The molecule has 1 rings (SSSR count). The van der Waals surface area contributed by atoms with Crippen LogP contribution in [0.2, 0.25) is 0 Å². The summed E-state index contributed by atoms with van der Waals surface area (Å²) in [4.78, 5) is 26.7. The summed E-state index contributed by atoms with van der Waals surface area (Å²) < 4.78 is 0. The second-order valence-electron chi connectivity index (χ2n) is 5.61. The zero-order chi connectivity index (χ0) is 15.8. The molecule has 0 bridgehead atoms. The fourth-order valence-corrected chi connectivity index (χ4v) is 2.85. The van der Waals surface area contributed by atoms with Crippen LogP contribution in [0.15, 0.2) is 5.38 Å². The van der Waals surface area contributed by atoms with Crippen LogP contribution in [0, 0.1) is 18.8 Å². The number of nitrogens with one attached hydrogen (secondary N) is 1. The number of aliphatic carboxylic acids is 1. The van der Waals surface area contributed by atoms with Crippen LogP contribution in [-0.2, 0) is 16.0 Å². The van der Waals surface area contributed by atoms with E-state index >= 15 is 0 Å². The third-order valence-electron chi connectivity index (χ3n) is 3.52. The molecule has 0 saturated heterocycles. The van der Waals surface area contributed by atoms with Crippen LogP contribution in [0.5, 0.6) is 0 Å². The van der Waals surface area contributed by atoms with Gasteiger partial charge in [-0.05, 0) is 31.6 Å². The maximum Gasteiger partial charge on any atom is 0.303 e. The van der Waals surface area contributed by atoms with Crippen LogP contribution in [0.4, 0.5) is 0 Å². The minimum absolute atomic E-state index is 0.0268. The van der Waals surface area contributed by atoms with Crippen molar-refractivity contribution in [3.8, 4) is 0 Å². The molecule has 1 unspecified atom stereocenters. The fraction of sp³-hybridized carbons (Fsp3) is 0.667. The molecular weight excluding hydrogens is 288 g/mol. The van der Waals surface area contributed by atoms with Crippen LogP contribution in [-0.4, -0.2) is 28.5 Å². The third-order valence-corrected chi connectivity index (χ3v) is 4.34. The molecule has 1 amide bonds. The molecule has 118 valence electrons. The number of aromatic nitrogens is 1. The van der Waals surface area contributed by atoms with Gasteiger partial charge >= 0.3 is 5.97 Å². The first-order chi connectivity index (χ1) is 9.88. The lowest BCUT2D eigenvalue weighted by Crippen LogP contribution is -2.28. The minimum Gasteiger partial charge on any atom is -0.481 e. The number of carbonyl (C=O) groups is 2. The second-order valence-corrected chi connectivity index (χ2v) is 6.67. The number of carboxylic acids is 1. The van der Waals surface area contributed by atoms with Gasteiger partial charge in [0, 0.05) is 18.3 Å². The molecule has 1 aromatic rings. The van der Waals surface area contributed by atoms with Gasteiger partial charge in [0.15, 0.2) is 0 Å². The zero-order valence-electron chi connectivity index (χ0n) is 12.9. The van der Waals surface area contributed by atoms with E-state index in [2.05, 4.69) is 24.1 Å². The molecule has 5 nitrogen and oxygen atoms in total. The number of hydrogen-bond donors (Lipinski definition) is 2. The van der Waals surface area contributed by atoms with Gasteiger partial charge in [-0.2, -0.15) is 0 Å². The van der Waals surface area contributed by atoms with Crippen molar-refractivity contribution >= 4 is 23.2 Å². The van der Waals surface area contributed by atoms with Gasteiger partial charge in [0.25, 0.3) is 0 Å². The van der Waals surface area contributed by atoms with E-state index in [-0.39, 0.29) is 12.3 Å². The van der Waals surface area contributed by atoms with E-state index in [4.69, 9.17) is 5.11 Å². The molecular formula is C15H24N2O3S. The summed E-state index contributed by atoms with van der Waals surface area (Å²) in [5, 5.41) is 14.5. The molecule has 0 fully saturated rings. The highest BCUT2D eigenvalue weighted by Crippen LogP contribution is 2.20. The van der Waals surface area contributed by atoms with Gasteiger partial charge in [0.1, 0.15) is 0 Å². The van der Waals surface area contributed by atoms with Crippen molar-refractivity contribution in [1.82, 2.24) is 10.3 Å². The Bertz CT molecular complexity index is 471. The number of carbonyl (C=O) groups excluding carboxylic acids is 1. The Balaban J connectivity index is 2.29. The molecule has 6 heteroatoms. The molecule has 1 atom stereocenters. The van der Waals surface area contributed by atoms with Crippen LogP contribution >= 0.6 is 11.3 Å². The molecule has 0 aliphatic heterocycles. The van der Waals surface area contributed by atoms with Crippen molar-refractivity contribution in [2.75, 3.05) is 6.54 Å². The number of aryl methyl sites for hydroxylation is 1. The van der Waals surface area contributed by atoms with Crippen molar-refractivity contribution in [3.63, 3.8) is 0 Å². The predicted octanol–water partition coefficient (Wildman–Crippen LogP) is 2.64. The van der Waals surface area contributed by atoms with E-state index < -0.39 is 5.97 Å². The average Bonchev–Trinajstić information content (AvgIpc) is 2.78. The van der Waals surface area contributed by atoms with E-state index in [1.807, 2.05) is 12.3 Å². The smallest absolute Gasteiger partial charge is 0.303 e. The molecule has 1 heterocycles. The average molecular weight is 312 g/mol. The SMILES string of the molecule is Cc1nc(CC(=O)NCCC(CCC(=O)O)C(C)C)cs1. The van der Waals surface area contributed by atoms with Gasteiger partial charge in [0.2, 0.25) is 5.91 Å². The predicted molar refractivity (Wildman–Crippen MR) is 83.4 cm³/mol. The van der Waals surface area contributed by atoms with Gasteiger partial charge in [0.05, 0.1) is 17.1 Å². The first kappa shape index (κ1) is 17.6. The quantitative estimate of drug-likeness (QED) is 0.734. The highest BCUT2D eigenvalue weighted by Gasteiger charge is 2.15. The Morgan fingerprint density at radius 2 is 2.10 bits per heavy atom. The molecule has 21 heavy (non-hydrogen) atoms. The van der Waals surface area contributed by atoms with Crippen molar-refractivity contribution in [1.29, 1.82) is 0 Å². The highest BCUT2D eigenvalue weighted by atomic mass is 32.1. The molecule has 0 spiro atoms. The number of nitrogens with zero attached hydrogens (tertiary/aromatic N) is 1. The Hall–Kier alpha value is -1.43. The number of thiazole rings is 1. The molecule has 0 radical (unpaired) electrons. The van der Waals surface area contributed by atoms with Crippen LogP contribution in [0.25, 0.3) is 0 Å². The lowest BCUT2D eigenvalue weighted by Gasteiger charge is -2.20. The van der Waals surface area contributed by atoms with Crippen LogP contribution in [0.3, 0.4) is 0 Å². The summed E-state index contributed by atoms with van der Waals surface area (Å²) >= 11 is 1.54.